The number of hydrogen-bond acceptors (Lipinski definition) is 7. The number of ketones is 2. The minimum absolute atomic E-state index is 0.0210. The fourth-order valence-electron chi connectivity index (χ4n) is 9.48. The van der Waals surface area contributed by atoms with Crippen molar-refractivity contribution in [3.05, 3.63) is 11.6 Å². The van der Waals surface area contributed by atoms with Gasteiger partial charge in [0.15, 0.2) is 0 Å². The van der Waals surface area contributed by atoms with Crippen LogP contribution in [-0.2, 0) is 34.0 Å². The lowest BCUT2D eigenvalue weighted by Gasteiger charge is -2.58. The van der Waals surface area contributed by atoms with Crippen LogP contribution < -0.4 is 0 Å². The lowest BCUT2D eigenvalue weighted by molar-refractivity contribution is -0.214. The molecule has 0 spiro atoms. The Kier molecular flexibility index (Phi) is 5.31. The first-order valence-corrected chi connectivity index (χ1v) is 14.9. The van der Waals surface area contributed by atoms with Crippen LogP contribution >= 0.6 is 0 Å². The average Bonchev–Trinajstić information content (AvgIpc) is 3.15. The molecule has 0 aromatic heterocycles. The normalized spacial score (nSPS) is 50.5. The standard InChI is InChI=1S/C27H36O8S/c1-25-9-8-20-16(5-4-14-10-15(36(31,32)33)11-22(28)27(14,20)3)18(25)6-7-19(25)17-13-34-26(2)12-21(17)35-24(30)23(26)29/h4,15-21H,5-13H2,1-3H3,(H,31,32,33). The Labute approximate surface area is 212 Å². The van der Waals surface area contributed by atoms with E-state index in [1.165, 1.54) is 0 Å². The van der Waals surface area contributed by atoms with Gasteiger partial charge in [-0.25, -0.2) is 4.79 Å². The van der Waals surface area contributed by atoms with Crippen LogP contribution in [0.15, 0.2) is 11.6 Å². The molecule has 2 bridgehead atoms. The van der Waals surface area contributed by atoms with Crippen molar-refractivity contribution in [2.45, 2.75) is 89.1 Å². The summed E-state index contributed by atoms with van der Waals surface area (Å²) in [6.07, 6.45) is 7.02. The summed E-state index contributed by atoms with van der Waals surface area (Å²) in [6, 6.07) is 0. The monoisotopic (exact) mass is 520 g/mol. The van der Waals surface area contributed by atoms with Gasteiger partial charge in [-0.3, -0.25) is 14.1 Å². The molecular weight excluding hydrogens is 484 g/mol. The van der Waals surface area contributed by atoms with Crippen molar-refractivity contribution in [1.29, 1.82) is 0 Å². The Morgan fingerprint density at radius 1 is 0.972 bits per heavy atom. The van der Waals surface area contributed by atoms with Gasteiger partial charge < -0.3 is 9.47 Å². The van der Waals surface area contributed by atoms with Gasteiger partial charge >= 0.3 is 5.97 Å². The third-order valence-electron chi connectivity index (χ3n) is 11.5. The van der Waals surface area contributed by atoms with Gasteiger partial charge in [0.1, 0.15) is 17.5 Å². The summed E-state index contributed by atoms with van der Waals surface area (Å²) in [6.45, 7) is 6.47. The van der Waals surface area contributed by atoms with Gasteiger partial charge in [-0.1, -0.05) is 18.6 Å². The van der Waals surface area contributed by atoms with Crippen molar-refractivity contribution in [2.75, 3.05) is 6.61 Å². The quantitative estimate of drug-likeness (QED) is 0.255. The van der Waals surface area contributed by atoms with Crippen molar-refractivity contribution in [3.63, 3.8) is 0 Å². The summed E-state index contributed by atoms with van der Waals surface area (Å²) in [5.41, 5.74) is -0.835. The Morgan fingerprint density at radius 2 is 1.67 bits per heavy atom. The second-order valence-electron chi connectivity index (χ2n) is 12.9. The van der Waals surface area contributed by atoms with E-state index in [2.05, 4.69) is 13.0 Å². The first-order chi connectivity index (χ1) is 16.8. The van der Waals surface area contributed by atoms with Crippen molar-refractivity contribution in [2.24, 2.45) is 40.4 Å². The van der Waals surface area contributed by atoms with Gasteiger partial charge in [0.25, 0.3) is 15.9 Å². The molecule has 10 unspecified atom stereocenters. The van der Waals surface area contributed by atoms with Crippen LogP contribution in [0.5, 0.6) is 0 Å². The second-order valence-corrected chi connectivity index (χ2v) is 14.6. The van der Waals surface area contributed by atoms with Crippen molar-refractivity contribution in [3.8, 4) is 0 Å². The van der Waals surface area contributed by atoms with Crippen LogP contribution in [0.2, 0.25) is 0 Å². The minimum atomic E-state index is -4.26. The molecule has 5 fully saturated rings. The average molecular weight is 521 g/mol. The zero-order valence-corrected chi connectivity index (χ0v) is 22.0. The van der Waals surface area contributed by atoms with E-state index in [0.717, 1.165) is 37.7 Å². The molecule has 36 heavy (non-hydrogen) atoms. The zero-order valence-electron chi connectivity index (χ0n) is 21.2. The van der Waals surface area contributed by atoms with E-state index in [1.54, 1.807) is 6.92 Å². The van der Waals surface area contributed by atoms with E-state index < -0.39 is 38.1 Å². The highest BCUT2D eigenvalue weighted by molar-refractivity contribution is 7.86. The number of Topliss-reactive ketones (excluding diaryl/α,β-unsaturated/α-hetero) is 2. The highest BCUT2D eigenvalue weighted by Crippen LogP contribution is 2.67. The molecule has 2 heterocycles. The third kappa shape index (κ3) is 3.24. The fraction of sp³-hybridized carbons (Fsp3) is 0.815. The SMILES string of the molecule is CC12CC(OC(=O)C1=O)C(C1CCC3C4CC=C5CC(S(=O)(=O)O)CC(=O)C5(C)C4CCC13C)CO2. The Balaban J connectivity index is 1.27. The number of ether oxygens (including phenoxy) is 2. The predicted octanol–water partition coefficient (Wildman–Crippen LogP) is 3.29. The highest BCUT2D eigenvalue weighted by atomic mass is 32.2. The van der Waals surface area contributed by atoms with Gasteiger partial charge in [-0.15, -0.1) is 0 Å². The van der Waals surface area contributed by atoms with Gasteiger partial charge in [0.05, 0.1) is 17.3 Å². The Bertz CT molecular complexity index is 1170. The molecule has 0 aromatic carbocycles. The Morgan fingerprint density at radius 3 is 2.36 bits per heavy atom. The number of rotatable bonds is 2. The van der Waals surface area contributed by atoms with Crippen molar-refractivity contribution >= 4 is 27.7 Å². The summed E-state index contributed by atoms with van der Waals surface area (Å²) in [5, 5.41) is -1.03. The van der Waals surface area contributed by atoms with Crippen LogP contribution in [0.4, 0.5) is 0 Å². The lowest BCUT2D eigenvalue weighted by atomic mass is 9.46. The summed E-state index contributed by atoms with van der Waals surface area (Å²) < 4.78 is 44.9. The molecule has 0 radical (unpaired) electrons. The topological polar surface area (TPSA) is 124 Å². The van der Waals surface area contributed by atoms with Crippen molar-refractivity contribution in [1.82, 2.24) is 0 Å². The van der Waals surface area contributed by atoms with Crippen LogP contribution in [-0.4, -0.2) is 54.1 Å². The maximum absolute atomic E-state index is 13.4. The van der Waals surface area contributed by atoms with Crippen LogP contribution in [0.3, 0.4) is 0 Å². The smallest absolute Gasteiger partial charge is 0.378 e. The van der Waals surface area contributed by atoms with E-state index in [9.17, 15) is 27.4 Å². The molecule has 4 aliphatic carbocycles. The van der Waals surface area contributed by atoms with Gasteiger partial charge in [0.2, 0.25) is 0 Å². The number of allylic oxidation sites excluding steroid dienone is 2. The number of hydrogen-bond donors (Lipinski definition) is 1. The molecule has 2 aliphatic heterocycles. The summed E-state index contributed by atoms with van der Waals surface area (Å²) in [5.74, 6) is -0.147. The lowest BCUT2D eigenvalue weighted by Crippen LogP contribution is -2.61. The van der Waals surface area contributed by atoms with E-state index in [-0.39, 0.29) is 42.0 Å². The zero-order chi connectivity index (χ0) is 25.8. The minimum Gasteiger partial charge on any atom is -0.456 e. The van der Waals surface area contributed by atoms with Crippen molar-refractivity contribution < 1.29 is 36.8 Å². The summed E-state index contributed by atoms with van der Waals surface area (Å²) in [7, 11) is -4.26. The molecular formula is C27H36O8S. The third-order valence-corrected chi connectivity index (χ3v) is 12.7. The van der Waals surface area contributed by atoms with E-state index in [4.69, 9.17) is 9.47 Å². The molecule has 1 N–H and O–H groups in total. The first kappa shape index (κ1) is 24.7. The number of carbonyl (C=O) groups is 3. The second kappa shape index (κ2) is 7.73. The van der Waals surface area contributed by atoms with E-state index in [1.807, 2.05) is 6.92 Å². The van der Waals surface area contributed by atoms with Crippen LogP contribution in [0.1, 0.15) is 72.1 Å². The molecule has 9 heteroatoms. The molecule has 10 atom stereocenters. The molecule has 0 aromatic rings. The maximum Gasteiger partial charge on any atom is 0.378 e. The first-order valence-electron chi connectivity index (χ1n) is 13.4. The van der Waals surface area contributed by atoms with Gasteiger partial charge in [-0.2, -0.15) is 8.42 Å². The molecule has 6 rings (SSSR count). The largest absolute Gasteiger partial charge is 0.456 e. The van der Waals surface area contributed by atoms with Gasteiger partial charge in [0, 0.05) is 18.8 Å². The molecule has 198 valence electrons. The predicted molar refractivity (Wildman–Crippen MR) is 128 cm³/mol. The Hall–Kier alpha value is -1.58. The summed E-state index contributed by atoms with van der Waals surface area (Å²) in [4.78, 5) is 38.0. The highest BCUT2D eigenvalue weighted by Gasteiger charge is 2.64. The molecule has 0 amide bonds. The molecule has 2 saturated heterocycles. The maximum atomic E-state index is 13.4. The van der Waals surface area contributed by atoms with Crippen LogP contribution in [0.25, 0.3) is 0 Å². The molecule has 6 aliphatic rings. The summed E-state index contributed by atoms with van der Waals surface area (Å²) >= 11 is 0. The number of carbonyl (C=O) groups excluding carboxylic acids is 3. The number of esters is 1. The van der Waals surface area contributed by atoms with Crippen LogP contribution in [0, 0.1) is 40.4 Å². The molecule has 3 saturated carbocycles. The molecule has 8 nitrogen and oxygen atoms in total. The van der Waals surface area contributed by atoms with E-state index in [0.29, 0.717) is 30.8 Å². The fourth-order valence-corrected chi connectivity index (χ4v) is 10.2. The van der Waals surface area contributed by atoms with Gasteiger partial charge in [-0.05, 0) is 81.5 Å². The number of fused-ring (bicyclic) bond motifs is 7. The van der Waals surface area contributed by atoms with E-state index >= 15 is 0 Å².